The molecule has 2 unspecified atom stereocenters. The van der Waals surface area contributed by atoms with Gasteiger partial charge < -0.3 is 14.1 Å². The molecular formula is C20H21N3O2. The zero-order chi connectivity index (χ0) is 16.6. The van der Waals surface area contributed by atoms with Gasteiger partial charge in [-0.25, -0.2) is 0 Å². The van der Waals surface area contributed by atoms with Crippen LogP contribution in [0, 0.1) is 0 Å². The summed E-state index contributed by atoms with van der Waals surface area (Å²) in [6, 6.07) is 19.7. The van der Waals surface area contributed by atoms with Gasteiger partial charge in [0.25, 0.3) is 6.01 Å². The van der Waals surface area contributed by atoms with Crippen LogP contribution in [0.25, 0.3) is 11.1 Å². The molecule has 0 radical (unpaired) electrons. The number of morpholine rings is 1. The van der Waals surface area contributed by atoms with E-state index in [0.717, 1.165) is 43.9 Å². The van der Waals surface area contributed by atoms with Crippen molar-refractivity contribution < 1.29 is 9.15 Å². The van der Waals surface area contributed by atoms with Gasteiger partial charge in [0.1, 0.15) is 5.52 Å². The lowest BCUT2D eigenvalue weighted by Crippen LogP contribution is -2.50. The largest absolute Gasteiger partial charge is 0.423 e. The number of anilines is 1. The van der Waals surface area contributed by atoms with Crippen LogP contribution >= 0.6 is 0 Å². The maximum atomic E-state index is 6.04. The van der Waals surface area contributed by atoms with Gasteiger partial charge >= 0.3 is 0 Å². The second-order valence-corrected chi connectivity index (χ2v) is 6.80. The van der Waals surface area contributed by atoms with Crippen LogP contribution in [0.5, 0.6) is 0 Å². The molecule has 2 saturated heterocycles. The highest BCUT2D eigenvalue weighted by Crippen LogP contribution is 2.30. The number of para-hydroxylation sites is 2. The summed E-state index contributed by atoms with van der Waals surface area (Å²) in [5.74, 6) is 0. The molecule has 25 heavy (non-hydrogen) atoms. The van der Waals surface area contributed by atoms with Crippen molar-refractivity contribution in [2.75, 3.05) is 31.1 Å². The van der Waals surface area contributed by atoms with Gasteiger partial charge in [-0.05, 0) is 17.7 Å². The lowest BCUT2D eigenvalue weighted by Gasteiger charge is -2.36. The van der Waals surface area contributed by atoms with Gasteiger partial charge in [-0.3, -0.25) is 4.90 Å². The van der Waals surface area contributed by atoms with Crippen molar-refractivity contribution in [2.24, 2.45) is 0 Å². The fourth-order valence-corrected chi connectivity index (χ4v) is 3.92. The van der Waals surface area contributed by atoms with Crippen molar-refractivity contribution >= 4 is 17.1 Å². The minimum Gasteiger partial charge on any atom is -0.423 e. The van der Waals surface area contributed by atoms with Crippen molar-refractivity contribution in [1.82, 2.24) is 9.88 Å². The maximum absolute atomic E-state index is 6.04. The highest BCUT2D eigenvalue weighted by Gasteiger charge is 2.41. The van der Waals surface area contributed by atoms with E-state index in [9.17, 15) is 0 Å². The van der Waals surface area contributed by atoms with Gasteiger partial charge in [0, 0.05) is 19.6 Å². The number of hydrogen-bond acceptors (Lipinski definition) is 5. The Morgan fingerprint density at radius 1 is 1.00 bits per heavy atom. The van der Waals surface area contributed by atoms with E-state index in [1.165, 1.54) is 5.56 Å². The standard InChI is InChI=1S/C20H21N3O2/c1-2-6-15(7-3-1)12-22-10-11-24-19-14-23(13-17(19)22)20-21-16-8-4-5-9-18(16)25-20/h1-9,17,19H,10-14H2. The second kappa shape index (κ2) is 6.17. The van der Waals surface area contributed by atoms with Gasteiger partial charge in [-0.2, -0.15) is 4.98 Å². The molecular weight excluding hydrogens is 314 g/mol. The van der Waals surface area contributed by atoms with E-state index in [-0.39, 0.29) is 6.10 Å². The van der Waals surface area contributed by atoms with E-state index in [1.54, 1.807) is 0 Å². The third kappa shape index (κ3) is 2.79. The smallest absolute Gasteiger partial charge is 0.298 e. The number of rotatable bonds is 3. The molecule has 5 nitrogen and oxygen atoms in total. The summed E-state index contributed by atoms with van der Waals surface area (Å²) in [5, 5.41) is 0. The first-order valence-electron chi connectivity index (χ1n) is 8.87. The fraction of sp³-hybridized carbons (Fsp3) is 0.350. The molecule has 3 aromatic rings. The van der Waals surface area contributed by atoms with Crippen LogP contribution in [-0.4, -0.2) is 48.3 Å². The Morgan fingerprint density at radius 3 is 2.72 bits per heavy atom. The quantitative estimate of drug-likeness (QED) is 0.736. The third-order valence-corrected chi connectivity index (χ3v) is 5.20. The van der Waals surface area contributed by atoms with Gasteiger partial charge in [0.15, 0.2) is 5.58 Å². The Kier molecular flexibility index (Phi) is 3.68. The summed E-state index contributed by atoms with van der Waals surface area (Å²) in [6.45, 7) is 4.45. The Balaban J connectivity index is 1.36. The molecule has 0 amide bonds. The van der Waals surface area contributed by atoms with Crippen LogP contribution in [-0.2, 0) is 11.3 Å². The SMILES string of the molecule is c1ccc(CN2CCOC3CN(c4nc5ccccc5o4)CC32)cc1. The minimum absolute atomic E-state index is 0.215. The number of aromatic nitrogens is 1. The maximum Gasteiger partial charge on any atom is 0.298 e. The predicted molar refractivity (Wildman–Crippen MR) is 96.6 cm³/mol. The summed E-state index contributed by atoms with van der Waals surface area (Å²) in [5.41, 5.74) is 3.10. The van der Waals surface area contributed by atoms with Crippen LogP contribution in [0.1, 0.15) is 5.56 Å². The second-order valence-electron chi connectivity index (χ2n) is 6.80. The van der Waals surface area contributed by atoms with E-state index in [0.29, 0.717) is 12.1 Å². The van der Waals surface area contributed by atoms with E-state index < -0.39 is 0 Å². The van der Waals surface area contributed by atoms with Crippen LogP contribution in [0.3, 0.4) is 0 Å². The highest BCUT2D eigenvalue weighted by atomic mass is 16.5. The molecule has 5 rings (SSSR count). The Labute approximate surface area is 146 Å². The summed E-state index contributed by atoms with van der Waals surface area (Å²) < 4.78 is 12.0. The molecule has 2 aromatic carbocycles. The summed E-state index contributed by atoms with van der Waals surface area (Å²) >= 11 is 0. The van der Waals surface area contributed by atoms with Crippen molar-refractivity contribution in [3.05, 3.63) is 60.2 Å². The van der Waals surface area contributed by atoms with Crippen LogP contribution in [0.15, 0.2) is 59.0 Å². The monoisotopic (exact) mass is 335 g/mol. The topological polar surface area (TPSA) is 41.7 Å². The van der Waals surface area contributed by atoms with E-state index >= 15 is 0 Å². The van der Waals surface area contributed by atoms with Crippen LogP contribution in [0.2, 0.25) is 0 Å². The molecule has 0 aliphatic carbocycles. The Bertz CT molecular complexity index is 831. The molecule has 2 aliphatic rings. The average Bonchev–Trinajstić information content (AvgIpc) is 3.27. The molecule has 5 heteroatoms. The molecule has 3 heterocycles. The molecule has 0 saturated carbocycles. The molecule has 0 N–H and O–H groups in total. The number of nitrogens with zero attached hydrogens (tertiary/aromatic N) is 3. The number of benzene rings is 2. The van der Waals surface area contributed by atoms with Gasteiger partial charge in [-0.1, -0.05) is 42.5 Å². The molecule has 1 aromatic heterocycles. The van der Waals surface area contributed by atoms with Crippen LogP contribution < -0.4 is 4.90 Å². The Hall–Kier alpha value is -2.37. The van der Waals surface area contributed by atoms with Gasteiger partial charge in [0.2, 0.25) is 0 Å². The number of ether oxygens (including phenoxy) is 1. The van der Waals surface area contributed by atoms with E-state index in [4.69, 9.17) is 9.15 Å². The van der Waals surface area contributed by atoms with Crippen molar-refractivity contribution in [2.45, 2.75) is 18.7 Å². The van der Waals surface area contributed by atoms with Gasteiger partial charge in [0.05, 0.1) is 25.3 Å². The Morgan fingerprint density at radius 2 is 1.84 bits per heavy atom. The molecule has 0 bridgehead atoms. The summed E-state index contributed by atoms with van der Waals surface area (Å²) in [7, 11) is 0. The first-order chi connectivity index (χ1) is 12.4. The van der Waals surface area contributed by atoms with Crippen molar-refractivity contribution in [3.8, 4) is 0 Å². The van der Waals surface area contributed by atoms with Gasteiger partial charge in [-0.15, -0.1) is 0 Å². The summed E-state index contributed by atoms with van der Waals surface area (Å²) in [6.07, 6.45) is 0.215. The average molecular weight is 335 g/mol. The molecule has 2 atom stereocenters. The first kappa shape index (κ1) is 14.9. The summed E-state index contributed by atoms with van der Waals surface area (Å²) in [4.78, 5) is 9.40. The van der Waals surface area contributed by atoms with E-state index in [1.807, 2.05) is 24.3 Å². The molecule has 2 fully saturated rings. The van der Waals surface area contributed by atoms with Crippen LogP contribution in [0.4, 0.5) is 6.01 Å². The third-order valence-electron chi connectivity index (χ3n) is 5.20. The highest BCUT2D eigenvalue weighted by molar-refractivity contribution is 5.74. The molecule has 2 aliphatic heterocycles. The zero-order valence-corrected chi connectivity index (χ0v) is 14.0. The van der Waals surface area contributed by atoms with Crippen molar-refractivity contribution in [1.29, 1.82) is 0 Å². The number of oxazole rings is 1. The molecule has 128 valence electrons. The fourth-order valence-electron chi connectivity index (χ4n) is 3.92. The predicted octanol–water partition coefficient (Wildman–Crippen LogP) is 2.92. The number of fused-ring (bicyclic) bond motifs is 2. The lowest BCUT2D eigenvalue weighted by atomic mass is 10.1. The lowest BCUT2D eigenvalue weighted by molar-refractivity contribution is -0.0499. The van der Waals surface area contributed by atoms with Crippen molar-refractivity contribution in [3.63, 3.8) is 0 Å². The minimum atomic E-state index is 0.215. The normalized spacial score (nSPS) is 23.9. The number of hydrogen-bond donors (Lipinski definition) is 0. The first-order valence-corrected chi connectivity index (χ1v) is 8.87. The molecule has 0 spiro atoms. The zero-order valence-electron chi connectivity index (χ0n) is 14.0. The van der Waals surface area contributed by atoms with E-state index in [2.05, 4.69) is 45.1 Å².